The molecule has 0 aromatic heterocycles. The van der Waals surface area contributed by atoms with Crippen molar-refractivity contribution in [3.63, 3.8) is 0 Å². The molecule has 3 heteroatoms. The van der Waals surface area contributed by atoms with Crippen molar-refractivity contribution >= 4 is 5.91 Å². The molecule has 3 nitrogen and oxygen atoms in total. The molecule has 2 aliphatic carbocycles. The first kappa shape index (κ1) is 13.4. The molecule has 0 aromatic rings. The normalized spacial score (nSPS) is 46.4. The standard InChI is InChI=1S/C16H28N2O/c1-10-8-18(9-11(10)2)16(19)14-6-12-4-3-5-13(7-14)15(12)17/h10-15H,3-9,17H2,1-2H3. The third-order valence-electron chi connectivity index (χ3n) is 6.06. The lowest BCUT2D eigenvalue weighted by Gasteiger charge is -2.44. The second kappa shape index (κ2) is 5.08. The average molecular weight is 264 g/mol. The molecule has 3 aliphatic rings. The van der Waals surface area contributed by atoms with Crippen LogP contribution < -0.4 is 5.73 Å². The summed E-state index contributed by atoms with van der Waals surface area (Å²) in [5.41, 5.74) is 6.32. The smallest absolute Gasteiger partial charge is 0.225 e. The zero-order chi connectivity index (χ0) is 13.6. The number of fused-ring (bicyclic) bond motifs is 2. The van der Waals surface area contributed by atoms with E-state index in [1.54, 1.807) is 0 Å². The number of nitrogens with zero attached hydrogens (tertiary/aromatic N) is 1. The van der Waals surface area contributed by atoms with Gasteiger partial charge in [0.2, 0.25) is 5.91 Å². The van der Waals surface area contributed by atoms with Gasteiger partial charge in [-0.15, -0.1) is 0 Å². The molecule has 1 heterocycles. The van der Waals surface area contributed by atoms with Gasteiger partial charge in [0.1, 0.15) is 0 Å². The van der Waals surface area contributed by atoms with Crippen LogP contribution in [0.2, 0.25) is 0 Å². The molecule has 2 bridgehead atoms. The van der Waals surface area contributed by atoms with Crippen molar-refractivity contribution in [1.82, 2.24) is 4.90 Å². The Labute approximate surface area is 116 Å². The highest BCUT2D eigenvalue weighted by Gasteiger charge is 2.42. The summed E-state index contributed by atoms with van der Waals surface area (Å²) in [6.45, 7) is 6.47. The molecule has 1 amide bonds. The second-order valence-electron chi connectivity index (χ2n) is 7.39. The van der Waals surface area contributed by atoms with E-state index in [4.69, 9.17) is 5.73 Å². The number of carbonyl (C=O) groups is 1. The third-order valence-corrected chi connectivity index (χ3v) is 6.06. The van der Waals surface area contributed by atoms with Crippen molar-refractivity contribution in [3.05, 3.63) is 0 Å². The van der Waals surface area contributed by atoms with E-state index in [9.17, 15) is 4.79 Å². The summed E-state index contributed by atoms with van der Waals surface area (Å²) >= 11 is 0. The van der Waals surface area contributed by atoms with E-state index < -0.39 is 0 Å². The second-order valence-corrected chi connectivity index (χ2v) is 7.39. The molecule has 0 radical (unpaired) electrons. The van der Waals surface area contributed by atoms with E-state index in [0.29, 0.717) is 35.6 Å². The lowest BCUT2D eigenvalue weighted by molar-refractivity contribution is -0.137. The van der Waals surface area contributed by atoms with Gasteiger partial charge < -0.3 is 10.6 Å². The highest BCUT2D eigenvalue weighted by atomic mass is 16.2. The molecular formula is C16H28N2O. The van der Waals surface area contributed by atoms with Gasteiger partial charge in [-0.2, -0.15) is 0 Å². The lowest BCUT2D eigenvalue weighted by Crippen LogP contribution is -2.49. The van der Waals surface area contributed by atoms with Crippen LogP contribution in [0.1, 0.15) is 46.0 Å². The first-order valence-electron chi connectivity index (χ1n) is 8.10. The maximum absolute atomic E-state index is 12.7. The topological polar surface area (TPSA) is 46.3 Å². The Bertz CT molecular complexity index is 333. The highest BCUT2D eigenvalue weighted by molar-refractivity contribution is 5.79. The minimum atomic E-state index is 0.271. The molecule has 2 saturated carbocycles. The van der Waals surface area contributed by atoms with Gasteiger partial charge in [-0.25, -0.2) is 0 Å². The average Bonchev–Trinajstić information content (AvgIpc) is 2.68. The fourth-order valence-electron chi connectivity index (χ4n) is 4.56. The van der Waals surface area contributed by atoms with Gasteiger partial charge in [-0.1, -0.05) is 20.3 Å². The van der Waals surface area contributed by atoms with Gasteiger partial charge in [0, 0.05) is 25.0 Å². The molecular weight excluding hydrogens is 236 g/mol. The van der Waals surface area contributed by atoms with Gasteiger partial charge in [0.05, 0.1) is 0 Å². The summed E-state index contributed by atoms with van der Waals surface area (Å²) < 4.78 is 0. The van der Waals surface area contributed by atoms with Crippen LogP contribution in [0.15, 0.2) is 0 Å². The fraction of sp³-hybridized carbons (Fsp3) is 0.938. The number of carbonyl (C=O) groups excluding carboxylic acids is 1. The first-order valence-corrected chi connectivity index (χ1v) is 8.10. The van der Waals surface area contributed by atoms with E-state index in [0.717, 1.165) is 25.9 Å². The Morgan fingerprint density at radius 1 is 1.05 bits per heavy atom. The minimum absolute atomic E-state index is 0.271. The number of hydrogen-bond donors (Lipinski definition) is 1. The number of hydrogen-bond acceptors (Lipinski definition) is 2. The summed E-state index contributed by atoms with van der Waals surface area (Å²) in [4.78, 5) is 14.8. The van der Waals surface area contributed by atoms with E-state index in [1.165, 1.54) is 19.3 Å². The predicted molar refractivity (Wildman–Crippen MR) is 76.4 cm³/mol. The maximum Gasteiger partial charge on any atom is 0.225 e. The summed E-state index contributed by atoms with van der Waals surface area (Å²) in [6.07, 6.45) is 5.91. The number of rotatable bonds is 1. The number of amides is 1. The lowest BCUT2D eigenvalue weighted by atomic mass is 9.65. The van der Waals surface area contributed by atoms with Gasteiger partial charge in [0.15, 0.2) is 0 Å². The quantitative estimate of drug-likeness (QED) is 0.789. The summed E-state index contributed by atoms with van der Waals surface area (Å²) in [6, 6.07) is 0.370. The van der Waals surface area contributed by atoms with Crippen molar-refractivity contribution < 1.29 is 4.79 Å². The Balaban J connectivity index is 1.65. The van der Waals surface area contributed by atoms with Crippen LogP contribution in [-0.4, -0.2) is 29.9 Å². The van der Waals surface area contributed by atoms with Crippen LogP contribution in [0, 0.1) is 29.6 Å². The monoisotopic (exact) mass is 264 g/mol. The van der Waals surface area contributed by atoms with Crippen molar-refractivity contribution in [2.24, 2.45) is 35.3 Å². The molecule has 0 aromatic carbocycles. The number of nitrogens with two attached hydrogens (primary N) is 1. The molecule has 4 atom stereocenters. The summed E-state index contributed by atoms with van der Waals surface area (Å²) in [7, 11) is 0. The highest BCUT2D eigenvalue weighted by Crippen LogP contribution is 2.42. The summed E-state index contributed by atoms with van der Waals surface area (Å²) in [5, 5.41) is 0. The summed E-state index contributed by atoms with van der Waals surface area (Å²) in [5.74, 6) is 3.24. The first-order chi connectivity index (χ1) is 9.06. The van der Waals surface area contributed by atoms with E-state index in [1.807, 2.05) is 0 Å². The molecule has 19 heavy (non-hydrogen) atoms. The molecule has 1 aliphatic heterocycles. The fourth-order valence-corrected chi connectivity index (χ4v) is 4.56. The largest absolute Gasteiger partial charge is 0.342 e. The molecule has 4 unspecified atom stereocenters. The third kappa shape index (κ3) is 2.42. The van der Waals surface area contributed by atoms with Crippen LogP contribution in [0.4, 0.5) is 0 Å². The minimum Gasteiger partial charge on any atom is -0.342 e. The maximum atomic E-state index is 12.7. The van der Waals surface area contributed by atoms with Crippen molar-refractivity contribution in [1.29, 1.82) is 0 Å². The molecule has 3 fully saturated rings. The van der Waals surface area contributed by atoms with Crippen LogP contribution >= 0.6 is 0 Å². The van der Waals surface area contributed by atoms with E-state index in [-0.39, 0.29) is 5.92 Å². The van der Waals surface area contributed by atoms with Crippen LogP contribution in [0.5, 0.6) is 0 Å². The van der Waals surface area contributed by atoms with Gasteiger partial charge >= 0.3 is 0 Å². The Kier molecular flexibility index (Phi) is 3.59. The molecule has 108 valence electrons. The zero-order valence-electron chi connectivity index (χ0n) is 12.3. The zero-order valence-corrected chi connectivity index (χ0v) is 12.3. The van der Waals surface area contributed by atoms with E-state index in [2.05, 4.69) is 18.7 Å². The van der Waals surface area contributed by atoms with Crippen LogP contribution in [-0.2, 0) is 4.79 Å². The number of likely N-dealkylation sites (tertiary alicyclic amines) is 1. The molecule has 1 saturated heterocycles. The van der Waals surface area contributed by atoms with Gasteiger partial charge in [0.25, 0.3) is 0 Å². The Hall–Kier alpha value is -0.570. The van der Waals surface area contributed by atoms with E-state index >= 15 is 0 Å². The van der Waals surface area contributed by atoms with Gasteiger partial charge in [-0.3, -0.25) is 4.79 Å². The SMILES string of the molecule is CC1CN(C(=O)C2CC3CCCC(C2)C3N)CC1C. The van der Waals surface area contributed by atoms with Crippen molar-refractivity contribution in [2.75, 3.05) is 13.1 Å². The van der Waals surface area contributed by atoms with Gasteiger partial charge in [-0.05, 0) is 49.4 Å². The molecule has 2 N–H and O–H groups in total. The van der Waals surface area contributed by atoms with Crippen LogP contribution in [0.25, 0.3) is 0 Å². The predicted octanol–water partition coefficient (Wildman–Crippen LogP) is 2.25. The Morgan fingerprint density at radius 3 is 2.11 bits per heavy atom. The Morgan fingerprint density at radius 2 is 1.58 bits per heavy atom. The van der Waals surface area contributed by atoms with Crippen molar-refractivity contribution in [3.8, 4) is 0 Å². The van der Waals surface area contributed by atoms with Crippen LogP contribution in [0.3, 0.4) is 0 Å². The van der Waals surface area contributed by atoms with Crippen molar-refractivity contribution in [2.45, 2.75) is 52.0 Å². The molecule has 0 spiro atoms. The molecule has 3 rings (SSSR count).